The van der Waals surface area contributed by atoms with Gasteiger partial charge in [0.25, 0.3) is 5.91 Å². The number of hydrazine groups is 1. The minimum absolute atomic E-state index is 0.251. The molecule has 0 fully saturated rings. The smallest absolute Gasteiger partial charge is 0.312 e. The number of hydrogen-bond acceptors (Lipinski definition) is 4. The molecule has 0 saturated heterocycles. The summed E-state index contributed by atoms with van der Waals surface area (Å²) in [7, 11) is 1.37. The molecule has 1 unspecified atom stereocenters. The molecule has 1 atom stereocenters. The molecule has 0 aliphatic rings. The van der Waals surface area contributed by atoms with E-state index in [1.54, 1.807) is 38.1 Å². The summed E-state index contributed by atoms with van der Waals surface area (Å²) in [5.41, 5.74) is 6.51. The number of esters is 1. The Morgan fingerprint density at radius 3 is 2.12 bits per heavy atom. The number of benzene rings is 2. The standard InChI is InChI=1S/C20H24N2O3/c1-20(2,19(24)25-3)17(14-15-10-6-4-7-11-15)21-22-18(23)16-12-8-5-9-13-16/h4-13,17,21H,14H2,1-3H3,(H,22,23). The highest BCUT2D eigenvalue weighted by molar-refractivity contribution is 5.93. The van der Waals surface area contributed by atoms with Gasteiger partial charge in [-0.3, -0.25) is 15.0 Å². The molecule has 2 aromatic rings. The van der Waals surface area contributed by atoms with Gasteiger partial charge >= 0.3 is 5.97 Å². The van der Waals surface area contributed by atoms with E-state index in [0.717, 1.165) is 5.56 Å². The highest BCUT2D eigenvalue weighted by Gasteiger charge is 2.38. The van der Waals surface area contributed by atoms with E-state index >= 15 is 0 Å². The van der Waals surface area contributed by atoms with Crippen LogP contribution < -0.4 is 10.9 Å². The summed E-state index contributed by atoms with van der Waals surface area (Å²) in [5, 5.41) is 0. The van der Waals surface area contributed by atoms with Gasteiger partial charge in [0, 0.05) is 11.6 Å². The van der Waals surface area contributed by atoms with Crippen molar-refractivity contribution in [2.45, 2.75) is 26.3 Å². The van der Waals surface area contributed by atoms with E-state index in [9.17, 15) is 9.59 Å². The lowest BCUT2D eigenvalue weighted by atomic mass is 9.81. The molecule has 0 radical (unpaired) electrons. The molecule has 132 valence electrons. The summed E-state index contributed by atoms with van der Waals surface area (Å²) in [6.45, 7) is 3.60. The first-order valence-corrected chi connectivity index (χ1v) is 8.18. The molecule has 5 nitrogen and oxygen atoms in total. The van der Waals surface area contributed by atoms with E-state index in [1.165, 1.54) is 7.11 Å². The Kier molecular flexibility index (Phi) is 6.31. The third kappa shape index (κ3) is 4.90. The summed E-state index contributed by atoms with van der Waals surface area (Å²) >= 11 is 0. The van der Waals surface area contributed by atoms with Crippen molar-refractivity contribution in [3.8, 4) is 0 Å². The number of carbonyl (C=O) groups excluding carboxylic acids is 2. The Bertz CT molecular complexity index is 699. The molecule has 0 heterocycles. The highest BCUT2D eigenvalue weighted by Crippen LogP contribution is 2.25. The van der Waals surface area contributed by atoms with E-state index < -0.39 is 5.41 Å². The predicted molar refractivity (Wildman–Crippen MR) is 96.8 cm³/mol. The van der Waals surface area contributed by atoms with Gasteiger partial charge in [-0.2, -0.15) is 0 Å². The largest absolute Gasteiger partial charge is 0.469 e. The number of nitrogens with one attached hydrogen (secondary N) is 2. The minimum Gasteiger partial charge on any atom is -0.469 e. The third-order valence-electron chi connectivity index (χ3n) is 4.26. The molecule has 1 amide bonds. The Hall–Kier alpha value is -2.66. The lowest BCUT2D eigenvalue weighted by molar-refractivity contribution is -0.152. The minimum atomic E-state index is -0.825. The van der Waals surface area contributed by atoms with Gasteiger partial charge in [-0.15, -0.1) is 0 Å². The molecular weight excluding hydrogens is 316 g/mol. The molecule has 0 aromatic heterocycles. The average molecular weight is 340 g/mol. The van der Waals surface area contributed by atoms with Crippen molar-refractivity contribution in [1.82, 2.24) is 10.9 Å². The summed E-state index contributed by atoms with van der Waals surface area (Å²) in [4.78, 5) is 24.5. The maximum Gasteiger partial charge on any atom is 0.312 e. The molecule has 0 aliphatic heterocycles. The van der Waals surface area contributed by atoms with Crippen molar-refractivity contribution >= 4 is 11.9 Å². The predicted octanol–water partition coefficient (Wildman–Crippen LogP) is 2.73. The summed E-state index contributed by atoms with van der Waals surface area (Å²) in [6.07, 6.45) is 0.567. The van der Waals surface area contributed by atoms with Gasteiger partial charge in [-0.25, -0.2) is 5.43 Å². The number of amides is 1. The second kappa shape index (κ2) is 8.44. The summed E-state index contributed by atoms with van der Waals surface area (Å²) in [6, 6.07) is 18.4. The molecule has 0 aliphatic carbocycles. The quantitative estimate of drug-likeness (QED) is 0.601. The van der Waals surface area contributed by atoms with Crippen molar-refractivity contribution in [3.63, 3.8) is 0 Å². The van der Waals surface area contributed by atoms with Crippen LogP contribution in [0, 0.1) is 5.41 Å². The Morgan fingerprint density at radius 2 is 1.56 bits per heavy atom. The molecular formula is C20H24N2O3. The van der Waals surface area contributed by atoms with E-state index in [1.807, 2.05) is 36.4 Å². The van der Waals surface area contributed by atoms with Crippen LogP contribution in [0.25, 0.3) is 0 Å². The number of ether oxygens (including phenoxy) is 1. The number of methoxy groups -OCH3 is 1. The van der Waals surface area contributed by atoms with Gasteiger partial charge in [0.15, 0.2) is 0 Å². The van der Waals surface area contributed by atoms with Gasteiger partial charge in [0.1, 0.15) is 0 Å². The summed E-state index contributed by atoms with van der Waals surface area (Å²) in [5.74, 6) is -0.589. The second-order valence-corrected chi connectivity index (χ2v) is 6.42. The van der Waals surface area contributed by atoms with Crippen LogP contribution in [-0.2, 0) is 16.0 Å². The number of rotatable bonds is 7. The van der Waals surface area contributed by atoms with Crippen molar-refractivity contribution in [2.75, 3.05) is 7.11 Å². The second-order valence-electron chi connectivity index (χ2n) is 6.42. The fourth-order valence-corrected chi connectivity index (χ4v) is 2.56. The maximum atomic E-state index is 12.3. The van der Waals surface area contributed by atoms with Crippen molar-refractivity contribution < 1.29 is 14.3 Å². The van der Waals surface area contributed by atoms with Crippen LogP contribution in [-0.4, -0.2) is 25.0 Å². The van der Waals surface area contributed by atoms with Crippen molar-refractivity contribution in [1.29, 1.82) is 0 Å². The first-order valence-electron chi connectivity index (χ1n) is 8.18. The molecule has 2 N–H and O–H groups in total. The van der Waals surface area contributed by atoms with Crippen LogP contribution in [0.2, 0.25) is 0 Å². The van der Waals surface area contributed by atoms with Crippen molar-refractivity contribution in [2.24, 2.45) is 5.41 Å². The third-order valence-corrected chi connectivity index (χ3v) is 4.26. The van der Waals surface area contributed by atoms with Crippen LogP contribution >= 0.6 is 0 Å². The van der Waals surface area contributed by atoms with Crippen LogP contribution in [0.5, 0.6) is 0 Å². The van der Waals surface area contributed by atoms with Gasteiger partial charge in [-0.1, -0.05) is 48.5 Å². The topological polar surface area (TPSA) is 67.4 Å². The molecule has 0 saturated carbocycles. The maximum absolute atomic E-state index is 12.3. The zero-order valence-corrected chi connectivity index (χ0v) is 14.8. The monoisotopic (exact) mass is 340 g/mol. The normalized spacial score (nSPS) is 12.3. The molecule has 0 bridgehead atoms. The average Bonchev–Trinajstić information content (AvgIpc) is 2.65. The Labute approximate surface area is 148 Å². The summed E-state index contributed by atoms with van der Waals surface area (Å²) < 4.78 is 4.93. The number of carbonyl (C=O) groups is 2. The number of hydrogen-bond donors (Lipinski definition) is 2. The first kappa shape index (κ1) is 18.7. The highest BCUT2D eigenvalue weighted by atomic mass is 16.5. The molecule has 5 heteroatoms. The zero-order chi connectivity index (χ0) is 18.3. The van der Waals surface area contributed by atoms with Crippen molar-refractivity contribution in [3.05, 3.63) is 71.8 Å². The van der Waals surface area contributed by atoms with Gasteiger partial charge < -0.3 is 4.74 Å². The zero-order valence-electron chi connectivity index (χ0n) is 14.8. The molecule has 2 aromatic carbocycles. The Morgan fingerprint density at radius 1 is 1.00 bits per heavy atom. The van der Waals surface area contributed by atoms with Crippen LogP contribution in [0.1, 0.15) is 29.8 Å². The van der Waals surface area contributed by atoms with E-state index in [-0.39, 0.29) is 17.9 Å². The first-order chi connectivity index (χ1) is 11.9. The SMILES string of the molecule is COC(=O)C(C)(C)C(Cc1ccccc1)NNC(=O)c1ccccc1. The van der Waals surface area contributed by atoms with Crippen LogP contribution in [0.3, 0.4) is 0 Å². The molecule has 25 heavy (non-hydrogen) atoms. The van der Waals surface area contributed by atoms with E-state index in [0.29, 0.717) is 12.0 Å². The fraction of sp³-hybridized carbons (Fsp3) is 0.300. The fourth-order valence-electron chi connectivity index (χ4n) is 2.56. The van der Waals surface area contributed by atoms with Crippen LogP contribution in [0.15, 0.2) is 60.7 Å². The lowest BCUT2D eigenvalue weighted by Crippen LogP contribution is -2.54. The van der Waals surface area contributed by atoms with E-state index in [2.05, 4.69) is 10.9 Å². The van der Waals surface area contributed by atoms with Gasteiger partial charge in [0.2, 0.25) is 0 Å². The van der Waals surface area contributed by atoms with Gasteiger partial charge in [0.05, 0.1) is 12.5 Å². The van der Waals surface area contributed by atoms with Gasteiger partial charge in [-0.05, 0) is 38.0 Å². The molecule has 2 rings (SSSR count). The van der Waals surface area contributed by atoms with Crippen LogP contribution in [0.4, 0.5) is 0 Å². The van der Waals surface area contributed by atoms with E-state index in [4.69, 9.17) is 4.74 Å². The lowest BCUT2D eigenvalue weighted by Gasteiger charge is -2.32. The Balaban J connectivity index is 2.14. The molecule has 0 spiro atoms.